The first-order chi connectivity index (χ1) is 11.2. The average molecular weight is 309 g/mol. The highest BCUT2D eigenvalue weighted by Crippen LogP contribution is 2.14. The lowest BCUT2D eigenvalue weighted by Crippen LogP contribution is -2.49. The summed E-state index contributed by atoms with van der Waals surface area (Å²) in [6, 6.07) is 14.4. The molecule has 1 aromatic carbocycles. The number of benzene rings is 1. The Labute approximate surface area is 137 Å². The normalized spacial score (nSPS) is 14.8. The number of rotatable bonds is 4. The molecule has 2 aromatic rings. The standard InChI is InChI=1S/C19H23N3O/c1-16-5-7-17(8-6-16)9-10-19(23)22-14-12-21(13-15-22)18-4-2-3-11-20-18/h2-8,11H,9-10,12-15H2,1H3. The van der Waals surface area contributed by atoms with Crippen molar-refractivity contribution in [3.8, 4) is 0 Å². The molecule has 1 aliphatic heterocycles. The molecule has 1 saturated heterocycles. The van der Waals surface area contributed by atoms with Crippen LogP contribution in [-0.4, -0.2) is 42.0 Å². The van der Waals surface area contributed by atoms with Gasteiger partial charge in [0.15, 0.2) is 0 Å². The zero-order valence-corrected chi connectivity index (χ0v) is 13.6. The second-order valence-electron chi connectivity index (χ2n) is 6.04. The van der Waals surface area contributed by atoms with Gasteiger partial charge in [0.2, 0.25) is 5.91 Å². The number of piperazine rings is 1. The fraction of sp³-hybridized carbons (Fsp3) is 0.368. The summed E-state index contributed by atoms with van der Waals surface area (Å²) in [5.41, 5.74) is 2.49. The number of aromatic nitrogens is 1. The van der Waals surface area contributed by atoms with Crippen LogP contribution in [-0.2, 0) is 11.2 Å². The Bertz CT molecular complexity index is 631. The third-order valence-electron chi connectivity index (χ3n) is 4.35. The second kappa shape index (κ2) is 7.27. The van der Waals surface area contributed by atoms with Gasteiger partial charge >= 0.3 is 0 Å². The Morgan fingerprint density at radius 2 is 1.78 bits per heavy atom. The molecule has 0 radical (unpaired) electrons. The molecule has 0 aliphatic carbocycles. The Balaban J connectivity index is 1.47. The van der Waals surface area contributed by atoms with Crippen LogP contribution in [0.3, 0.4) is 0 Å². The van der Waals surface area contributed by atoms with Crippen molar-refractivity contribution < 1.29 is 4.79 Å². The van der Waals surface area contributed by atoms with Gasteiger partial charge in [-0.25, -0.2) is 4.98 Å². The van der Waals surface area contributed by atoms with Gasteiger partial charge < -0.3 is 9.80 Å². The van der Waals surface area contributed by atoms with Crippen molar-refractivity contribution in [3.63, 3.8) is 0 Å². The minimum Gasteiger partial charge on any atom is -0.353 e. The topological polar surface area (TPSA) is 36.4 Å². The first-order valence-corrected chi connectivity index (χ1v) is 8.22. The van der Waals surface area contributed by atoms with Crippen LogP contribution in [0.5, 0.6) is 0 Å². The smallest absolute Gasteiger partial charge is 0.223 e. The van der Waals surface area contributed by atoms with Gasteiger partial charge in [0.25, 0.3) is 0 Å². The third kappa shape index (κ3) is 4.09. The van der Waals surface area contributed by atoms with Gasteiger partial charge in [-0.05, 0) is 31.0 Å². The lowest BCUT2D eigenvalue weighted by atomic mass is 10.1. The largest absolute Gasteiger partial charge is 0.353 e. The van der Waals surface area contributed by atoms with Crippen molar-refractivity contribution >= 4 is 11.7 Å². The van der Waals surface area contributed by atoms with Crippen LogP contribution in [0.2, 0.25) is 0 Å². The van der Waals surface area contributed by atoms with Gasteiger partial charge in [0.05, 0.1) is 0 Å². The van der Waals surface area contributed by atoms with Crippen LogP contribution in [0.25, 0.3) is 0 Å². The first kappa shape index (κ1) is 15.5. The molecule has 2 heterocycles. The van der Waals surface area contributed by atoms with E-state index in [-0.39, 0.29) is 5.91 Å². The summed E-state index contributed by atoms with van der Waals surface area (Å²) < 4.78 is 0. The van der Waals surface area contributed by atoms with Crippen LogP contribution in [0.15, 0.2) is 48.7 Å². The minimum absolute atomic E-state index is 0.256. The van der Waals surface area contributed by atoms with Gasteiger partial charge in [-0.15, -0.1) is 0 Å². The van der Waals surface area contributed by atoms with E-state index in [0.29, 0.717) is 6.42 Å². The molecular weight excluding hydrogens is 286 g/mol. The van der Waals surface area contributed by atoms with Crippen molar-refractivity contribution in [2.75, 3.05) is 31.1 Å². The van der Waals surface area contributed by atoms with Crippen LogP contribution in [0, 0.1) is 6.92 Å². The molecule has 0 atom stereocenters. The van der Waals surface area contributed by atoms with E-state index < -0.39 is 0 Å². The molecule has 1 aromatic heterocycles. The molecular formula is C19H23N3O. The molecule has 1 fully saturated rings. The number of nitrogens with zero attached hydrogens (tertiary/aromatic N) is 3. The van der Waals surface area contributed by atoms with Crippen molar-refractivity contribution in [2.45, 2.75) is 19.8 Å². The Morgan fingerprint density at radius 3 is 2.43 bits per heavy atom. The Kier molecular flexibility index (Phi) is 4.91. The summed E-state index contributed by atoms with van der Waals surface area (Å²) >= 11 is 0. The molecule has 1 amide bonds. The number of aryl methyl sites for hydroxylation is 2. The number of hydrogen-bond acceptors (Lipinski definition) is 3. The van der Waals surface area contributed by atoms with E-state index in [4.69, 9.17) is 0 Å². The molecule has 120 valence electrons. The molecule has 0 N–H and O–H groups in total. The van der Waals surface area contributed by atoms with Gasteiger partial charge in [-0.1, -0.05) is 35.9 Å². The lowest BCUT2D eigenvalue weighted by Gasteiger charge is -2.35. The van der Waals surface area contributed by atoms with E-state index >= 15 is 0 Å². The van der Waals surface area contributed by atoms with Crippen LogP contribution < -0.4 is 4.90 Å². The van der Waals surface area contributed by atoms with Crippen molar-refractivity contribution in [3.05, 3.63) is 59.8 Å². The fourth-order valence-corrected chi connectivity index (χ4v) is 2.89. The zero-order valence-electron chi connectivity index (χ0n) is 13.6. The second-order valence-corrected chi connectivity index (χ2v) is 6.04. The van der Waals surface area contributed by atoms with Crippen LogP contribution in [0.4, 0.5) is 5.82 Å². The predicted octanol–water partition coefficient (Wildman–Crippen LogP) is 2.67. The van der Waals surface area contributed by atoms with Gasteiger partial charge in [-0.3, -0.25) is 4.79 Å². The van der Waals surface area contributed by atoms with E-state index in [1.807, 2.05) is 29.3 Å². The van der Waals surface area contributed by atoms with E-state index in [1.165, 1.54) is 11.1 Å². The van der Waals surface area contributed by atoms with E-state index in [1.54, 1.807) is 0 Å². The van der Waals surface area contributed by atoms with Crippen molar-refractivity contribution in [1.82, 2.24) is 9.88 Å². The van der Waals surface area contributed by atoms with Crippen molar-refractivity contribution in [1.29, 1.82) is 0 Å². The summed E-state index contributed by atoms with van der Waals surface area (Å²) in [6.45, 7) is 5.35. The summed E-state index contributed by atoms with van der Waals surface area (Å²) in [5, 5.41) is 0. The van der Waals surface area contributed by atoms with Gasteiger partial charge in [-0.2, -0.15) is 0 Å². The molecule has 3 rings (SSSR count). The maximum absolute atomic E-state index is 12.4. The molecule has 0 spiro atoms. The summed E-state index contributed by atoms with van der Waals surface area (Å²) in [6.07, 6.45) is 3.22. The molecule has 0 unspecified atom stereocenters. The summed E-state index contributed by atoms with van der Waals surface area (Å²) in [4.78, 5) is 21.0. The number of hydrogen-bond donors (Lipinski definition) is 0. The number of carbonyl (C=O) groups is 1. The van der Waals surface area contributed by atoms with E-state index in [0.717, 1.165) is 38.4 Å². The summed E-state index contributed by atoms with van der Waals surface area (Å²) in [7, 11) is 0. The highest BCUT2D eigenvalue weighted by Gasteiger charge is 2.21. The number of anilines is 1. The zero-order chi connectivity index (χ0) is 16.1. The van der Waals surface area contributed by atoms with Crippen LogP contribution in [0.1, 0.15) is 17.5 Å². The fourth-order valence-electron chi connectivity index (χ4n) is 2.89. The maximum atomic E-state index is 12.4. The number of pyridine rings is 1. The van der Waals surface area contributed by atoms with Crippen LogP contribution >= 0.6 is 0 Å². The highest BCUT2D eigenvalue weighted by molar-refractivity contribution is 5.76. The third-order valence-corrected chi connectivity index (χ3v) is 4.35. The van der Waals surface area contributed by atoms with E-state index in [2.05, 4.69) is 41.1 Å². The van der Waals surface area contributed by atoms with Crippen molar-refractivity contribution in [2.24, 2.45) is 0 Å². The summed E-state index contributed by atoms with van der Waals surface area (Å²) in [5.74, 6) is 1.26. The first-order valence-electron chi connectivity index (χ1n) is 8.22. The Morgan fingerprint density at radius 1 is 1.04 bits per heavy atom. The molecule has 4 nitrogen and oxygen atoms in total. The van der Waals surface area contributed by atoms with Gasteiger partial charge in [0.1, 0.15) is 5.82 Å². The average Bonchev–Trinajstić information content (AvgIpc) is 2.62. The highest BCUT2D eigenvalue weighted by atomic mass is 16.2. The number of carbonyl (C=O) groups excluding carboxylic acids is 1. The minimum atomic E-state index is 0.256. The van der Waals surface area contributed by atoms with Gasteiger partial charge in [0, 0.05) is 38.8 Å². The maximum Gasteiger partial charge on any atom is 0.223 e. The number of amides is 1. The quantitative estimate of drug-likeness (QED) is 0.871. The molecule has 23 heavy (non-hydrogen) atoms. The molecule has 1 aliphatic rings. The molecule has 4 heteroatoms. The SMILES string of the molecule is Cc1ccc(CCC(=O)N2CCN(c3ccccn3)CC2)cc1. The molecule has 0 saturated carbocycles. The monoisotopic (exact) mass is 309 g/mol. The lowest BCUT2D eigenvalue weighted by molar-refractivity contribution is -0.131. The molecule has 0 bridgehead atoms. The predicted molar refractivity (Wildman–Crippen MR) is 92.5 cm³/mol. The Hall–Kier alpha value is -2.36. The van der Waals surface area contributed by atoms with E-state index in [9.17, 15) is 4.79 Å².